The molecule has 0 unspecified atom stereocenters. The fourth-order valence-corrected chi connectivity index (χ4v) is 7.12. The summed E-state index contributed by atoms with van der Waals surface area (Å²) in [6.45, 7) is 4.22. The molecular weight excluding hydrogens is 825 g/mol. The van der Waals surface area contributed by atoms with Crippen molar-refractivity contribution < 1.29 is 33.3 Å². The number of carbonyl (C=O) groups excluding carboxylic acids is 2. The Morgan fingerprint density at radius 2 is 0.894 bits per heavy atom. The van der Waals surface area contributed by atoms with Gasteiger partial charge in [-0.3, -0.25) is 4.99 Å². The molecule has 6 rings (SSSR count). The molecule has 0 amide bonds. The molecule has 6 aromatic carbocycles. The van der Waals surface area contributed by atoms with Crippen molar-refractivity contribution in [2.24, 2.45) is 4.99 Å². The molecule has 0 atom stereocenters. The van der Waals surface area contributed by atoms with Gasteiger partial charge in [0.25, 0.3) is 0 Å². The smallest absolute Gasteiger partial charge is 0.343 e. The highest BCUT2D eigenvalue weighted by Crippen LogP contribution is 2.25. The van der Waals surface area contributed by atoms with Gasteiger partial charge >= 0.3 is 11.9 Å². The Morgan fingerprint density at radius 1 is 0.485 bits per heavy atom. The average Bonchev–Trinajstić information content (AvgIpc) is 3.35. The minimum atomic E-state index is -0.537. The van der Waals surface area contributed by atoms with Crippen molar-refractivity contribution in [3.63, 3.8) is 0 Å². The molecule has 9 nitrogen and oxygen atoms in total. The molecule has 340 valence electrons. The fourth-order valence-electron chi connectivity index (χ4n) is 7.12. The third-order valence-corrected chi connectivity index (χ3v) is 11.0. The maximum atomic E-state index is 13.0. The number of benzene rings is 6. The molecule has 9 heteroatoms. The third kappa shape index (κ3) is 16.7. The normalized spacial score (nSPS) is 10.9. The first-order chi connectivity index (χ1) is 32.4. The number of aliphatic imine (C=N–C) groups is 1. The predicted octanol–water partition coefficient (Wildman–Crippen LogP) is 14.3. The molecule has 0 saturated heterocycles. The summed E-state index contributed by atoms with van der Waals surface area (Å²) in [4.78, 5) is 30.5. The van der Waals surface area contributed by atoms with Crippen molar-refractivity contribution in [2.75, 3.05) is 19.8 Å². The van der Waals surface area contributed by atoms with Crippen molar-refractivity contribution >= 4 is 23.8 Å². The van der Waals surface area contributed by atoms with Crippen LogP contribution in [0.15, 0.2) is 151 Å². The first-order valence-electron chi connectivity index (χ1n) is 23.3. The maximum Gasteiger partial charge on any atom is 0.343 e. The molecule has 0 aliphatic carbocycles. The second-order valence-electron chi connectivity index (χ2n) is 16.2. The van der Waals surface area contributed by atoms with Crippen molar-refractivity contribution in [2.45, 2.75) is 90.4 Å². The highest BCUT2D eigenvalue weighted by atomic mass is 16.5. The largest absolute Gasteiger partial charge is 0.494 e. The Labute approximate surface area is 390 Å². The predicted molar refractivity (Wildman–Crippen MR) is 262 cm³/mol. The SMILES string of the molecule is CCCCCCCCCCOc1ccc(N=Cc2ccc(C(=O)Oc3cccc(OC(=O)c4ccc(OCCCCCCCOc5ccc(-c6ccc(C#N)cc6)cc5)cc4)c3)cc2)cc1. The number of hydrogen-bond acceptors (Lipinski definition) is 9. The number of ether oxygens (including phenoxy) is 5. The van der Waals surface area contributed by atoms with Crippen molar-refractivity contribution in [3.05, 3.63) is 168 Å². The van der Waals surface area contributed by atoms with E-state index >= 15 is 0 Å². The van der Waals surface area contributed by atoms with Crippen molar-refractivity contribution in [3.8, 4) is 45.9 Å². The van der Waals surface area contributed by atoms with Crippen LogP contribution in [0.3, 0.4) is 0 Å². The van der Waals surface area contributed by atoms with Crippen LogP contribution < -0.4 is 23.7 Å². The summed E-state index contributed by atoms with van der Waals surface area (Å²) in [7, 11) is 0. The summed E-state index contributed by atoms with van der Waals surface area (Å²) in [5.41, 5.74) is 5.18. The highest BCUT2D eigenvalue weighted by Gasteiger charge is 2.13. The lowest BCUT2D eigenvalue weighted by atomic mass is 10.0. The van der Waals surface area contributed by atoms with Gasteiger partial charge in [0, 0.05) is 12.3 Å². The van der Waals surface area contributed by atoms with E-state index in [4.69, 9.17) is 28.9 Å². The van der Waals surface area contributed by atoms with Crippen LogP contribution in [0.4, 0.5) is 5.69 Å². The van der Waals surface area contributed by atoms with Crippen molar-refractivity contribution in [1.29, 1.82) is 5.26 Å². The number of unbranched alkanes of at least 4 members (excludes halogenated alkanes) is 11. The first kappa shape index (κ1) is 48.3. The lowest BCUT2D eigenvalue weighted by Gasteiger charge is -2.09. The highest BCUT2D eigenvalue weighted by molar-refractivity contribution is 5.93. The molecule has 0 saturated carbocycles. The van der Waals surface area contributed by atoms with E-state index in [9.17, 15) is 9.59 Å². The lowest BCUT2D eigenvalue weighted by molar-refractivity contribution is 0.0732. The van der Waals surface area contributed by atoms with E-state index in [1.165, 1.54) is 51.0 Å². The van der Waals surface area contributed by atoms with Crippen LogP contribution in [-0.2, 0) is 0 Å². The lowest BCUT2D eigenvalue weighted by Crippen LogP contribution is -2.10. The molecule has 0 spiro atoms. The average molecular weight is 885 g/mol. The number of rotatable bonds is 27. The summed E-state index contributed by atoms with van der Waals surface area (Å²) in [5.74, 6) is 1.80. The minimum absolute atomic E-state index is 0.251. The molecule has 0 radical (unpaired) electrons. The van der Waals surface area contributed by atoms with E-state index in [0.29, 0.717) is 35.7 Å². The zero-order valence-corrected chi connectivity index (χ0v) is 38.0. The van der Waals surface area contributed by atoms with Gasteiger partial charge in [-0.05, 0) is 133 Å². The van der Waals surface area contributed by atoms with Crippen LogP contribution in [0, 0.1) is 11.3 Å². The third-order valence-electron chi connectivity index (χ3n) is 11.0. The van der Waals surface area contributed by atoms with Gasteiger partial charge in [-0.1, -0.05) is 114 Å². The maximum absolute atomic E-state index is 13.0. The molecule has 0 fully saturated rings. The number of nitrogens with zero attached hydrogens (tertiary/aromatic N) is 2. The molecule has 0 aliphatic rings. The molecule has 0 heterocycles. The Kier molecular flexibility index (Phi) is 19.9. The Hall–Kier alpha value is -7.18. The van der Waals surface area contributed by atoms with Gasteiger partial charge in [-0.2, -0.15) is 5.26 Å². The zero-order chi connectivity index (χ0) is 46.0. The fraction of sp³-hybridized carbons (Fsp3) is 0.298. The van der Waals surface area contributed by atoms with Gasteiger partial charge in [-0.25, -0.2) is 9.59 Å². The monoisotopic (exact) mass is 884 g/mol. The first-order valence-corrected chi connectivity index (χ1v) is 23.3. The van der Waals surface area contributed by atoms with Crippen LogP contribution >= 0.6 is 0 Å². The molecule has 0 bridgehead atoms. The van der Waals surface area contributed by atoms with E-state index in [1.807, 2.05) is 72.8 Å². The van der Waals surface area contributed by atoms with E-state index in [0.717, 1.165) is 79.0 Å². The topological polar surface area (TPSA) is 116 Å². The molecule has 6 aromatic rings. The van der Waals surface area contributed by atoms with E-state index in [2.05, 4.69) is 18.0 Å². The number of hydrogen-bond donors (Lipinski definition) is 0. The minimum Gasteiger partial charge on any atom is -0.494 e. The number of carbonyl (C=O) groups is 2. The molecular formula is C57H60N2O7. The summed E-state index contributed by atoms with van der Waals surface area (Å²) in [5, 5.41) is 9.00. The van der Waals surface area contributed by atoms with Gasteiger partial charge < -0.3 is 23.7 Å². The van der Waals surface area contributed by atoms with E-state index in [1.54, 1.807) is 72.9 Å². The Balaban J connectivity index is 0.827. The van der Waals surface area contributed by atoms with Crippen LogP contribution in [0.1, 0.15) is 122 Å². The van der Waals surface area contributed by atoms with Gasteiger partial charge in [-0.15, -0.1) is 0 Å². The van der Waals surface area contributed by atoms with Crippen LogP contribution in [0.5, 0.6) is 28.7 Å². The van der Waals surface area contributed by atoms with Gasteiger partial charge in [0.1, 0.15) is 28.7 Å². The summed E-state index contributed by atoms with van der Waals surface area (Å²) >= 11 is 0. The zero-order valence-electron chi connectivity index (χ0n) is 38.0. The molecule has 0 aliphatic heterocycles. The van der Waals surface area contributed by atoms with Gasteiger partial charge in [0.15, 0.2) is 0 Å². The van der Waals surface area contributed by atoms with E-state index < -0.39 is 11.9 Å². The number of esters is 2. The Bertz CT molecular complexity index is 2440. The molecule has 66 heavy (non-hydrogen) atoms. The molecule has 0 N–H and O–H groups in total. The van der Waals surface area contributed by atoms with Crippen LogP contribution in [0.25, 0.3) is 11.1 Å². The quantitative estimate of drug-likeness (QED) is 0.0217. The van der Waals surface area contributed by atoms with Crippen molar-refractivity contribution in [1.82, 2.24) is 0 Å². The van der Waals surface area contributed by atoms with Crippen LogP contribution in [-0.4, -0.2) is 38.0 Å². The second-order valence-corrected chi connectivity index (χ2v) is 16.2. The summed E-state index contributed by atoms with van der Waals surface area (Å²) in [6.07, 6.45) is 17.0. The van der Waals surface area contributed by atoms with Gasteiger partial charge in [0.05, 0.1) is 48.3 Å². The number of nitriles is 1. The van der Waals surface area contributed by atoms with Gasteiger partial charge in [0.2, 0.25) is 0 Å². The molecule has 0 aromatic heterocycles. The second kappa shape index (κ2) is 27.2. The standard InChI is InChI=1S/C57H60N2O7/c1-2-3-4-5-6-7-9-12-40-64-53-36-30-50(31-37-53)59-43-45-20-24-48(25-21-45)56(60)65-54-16-15-17-55(41-54)66-57(61)49-28-34-52(35-29-49)63-39-14-11-8-10-13-38-62-51-32-26-47(27-33-51)46-22-18-44(42-58)19-23-46/h15-37,41,43H,2-14,38-40H2,1H3. The summed E-state index contributed by atoms with van der Waals surface area (Å²) in [6, 6.07) is 45.7. The van der Waals surface area contributed by atoms with Crippen LogP contribution in [0.2, 0.25) is 0 Å². The van der Waals surface area contributed by atoms with E-state index in [-0.39, 0.29) is 11.5 Å². The summed E-state index contributed by atoms with van der Waals surface area (Å²) < 4.78 is 28.9. The Morgan fingerprint density at radius 3 is 1.36 bits per heavy atom.